The zero-order chi connectivity index (χ0) is 25.0. The number of carbonyl (C=O) groups is 1. The van der Waals surface area contributed by atoms with E-state index >= 15 is 0 Å². The van der Waals surface area contributed by atoms with Crippen LogP contribution in [0.1, 0.15) is 66.1 Å². The van der Waals surface area contributed by atoms with Gasteiger partial charge in [0.05, 0.1) is 23.7 Å². The maximum atomic E-state index is 13.8. The topological polar surface area (TPSA) is 80.6 Å². The van der Waals surface area contributed by atoms with Crippen LogP contribution in [0.25, 0.3) is 21.2 Å². The van der Waals surface area contributed by atoms with Gasteiger partial charge in [0.1, 0.15) is 5.75 Å². The van der Waals surface area contributed by atoms with Crippen LogP contribution in [-0.4, -0.2) is 22.4 Å². The van der Waals surface area contributed by atoms with Gasteiger partial charge in [0.2, 0.25) is 0 Å². The summed E-state index contributed by atoms with van der Waals surface area (Å²) in [7, 11) is 0. The Hall–Kier alpha value is -2.80. The molecule has 0 aliphatic carbocycles. The maximum absolute atomic E-state index is 13.8. The zero-order valence-corrected chi connectivity index (χ0v) is 21.8. The van der Waals surface area contributed by atoms with Gasteiger partial charge in [-0.15, -0.1) is 11.3 Å². The molecule has 34 heavy (non-hydrogen) atoms. The molecule has 0 spiro atoms. The summed E-state index contributed by atoms with van der Waals surface area (Å²) in [5, 5.41) is 15.7. The van der Waals surface area contributed by atoms with E-state index < -0.39 is 17.6 Å². The summed E-state index contributed by atoms with van der Waals surface area (Å²) in [4.78, 5) is 26.8. The molecule has 0 bridgehead atoms. The molecule has 1 amide bonds. The maximum Gasteiger partial charge on any atom is 0.405 e. The summed E-state index contributed by atoms with van der Waals surface area (Å²) in [6.45, 7) is 13.1. The molecule has 3 rings (SSSR count). The van der Waals surface area contributed by atoms with Gasteiger partial charge < -0.3 is 19.7 Å². The summed E-state index contributed by atoms with van der Waals surface area (Å²) < 4.78 is 8.14. The quantitative estimate of drug-likeness (QED) is 0.323. The minimum absolute atomic E-state index is 0.124. The van der Waals surface area contributed by atoms with Crippen molar-refractivity contribution in [1.29, 1.82) is 0 Å². The molecule has 7 heteroatoms. The third-order valence-corrected chi connectivity index (χ3v) is 6.69. The van der Waals surface area contributed by atoms with Gasteiger partial charge in [-0.25, -0.2) is 4.79 Å². The first-order chi connectivity index (χ1) is 16.0. The number of unbranched alkanes of at least 4 members (excludes halogenated alkanes) is 1. The zero-order valence-electron chi connectivity index (χ0n) is 21.0. The first kappa shape index (κ1) is 25.8. The number of pyridine rings is 1. The van der Waals surface area contributed by atoms with Gasteiger partial charge in [-0.2, -0.15) is 0 Å². The van der Waals surface area contributed by atoms with Crippen LogP contribution >= 0.6 is 11.3 Å². The summed E-state index contributed by atoms with van der Waals surface area (Å²) in [5.74, 6) is 0.781. The number of nitrogens with one attached hydrogen (secondary N) is 1. The molecular weight excluding hydrogens is 448 g/mol. The summed E-state index contributed by atoms with van der Waals surface area (Å²) in [6, 6.07) is 9.27. The lowest BCUT2D eigenvalue weighted by molar-refractivity contribution is 0.170. The fourth-order valence-corrected chi connectivity index (χ4v) is 4.88. The smallest absolute Gasteiger partial charge is 0.405 e. The van der Waals surface area contributed by atoms with Crippen molar-refractivity contribution in [3.05, 3.63) is 51.8 Å². The predicted octanol–water partition coefficient (Wildman–Crippen LogP) is 6.92. The largest absolute Gasteiger partial charge is 0.491 e. The normalized spacial score (nSPS) is 12.8. The number of benzene rings is 1. The molecule has 0 saturated carbocycles. The number of aromatic nitrogens is 1. The van der Waals surface area contributed by atoms with E-state index in [9.17, 15) is 14.7 Å². The third-order valence-electron chi connectivity index (χ3n) is 5.77. The molecule has 0 fully saturated rings. The number of fused-ring (bicyclic) bond motifs is 1. The average molecular weight is 485 g/mol. The van der Waals surface area contributed by atoms with Gasteiger partial charge in [-0.1, -0.05) is 60.1 Å². The second-order valence-corrected chi connectivity index (χ2v) is 11.2. The molecule has 2 N–H and O–H groups in total. The molecule has 6 nitrogen and oxygen atoms in total. The van der Waals surface area contributed by atoms with Crippen molar-refractivity contribution in [2.24, 2.45) is 11.3 Å². The summed E-state index contributed by atoms with van der Waals surface area (Å²) >= 11 is 1.64. The summed E-state index contributed by atoms with van der Waals surface area (Å²) in [5.41, 5.74) is 0.986. The minimum Gasteiger partial charge on any atom is -0.491 e. The minimum atomic E-state index is -1.13. The third kappa shape index (κ3) is 5.63. The average Bonchev–Trinajstić information content (AvgIpc) is 3.29. The van der Waals surface area contributed by atoms with Gasteiger partial charge in [-0.05, 0) is 46.9 Å². The lowest BCUT2D eigenvalue weighted by Gasteiger charge is -2.34. The highest BCUT2D eigenvalue weighted by Crippen LogP contribution is 2.41. The van der Waals surface area contributed by atoms with Crippen LogP contribution in [0.5, 0.6) is 5.75 Å². The molecular formula is C27H36N2O4S. The number of hydrogen-bond donors (Lipinski definition) is 2. The van der Waals surface area contributed by atoms with Gasteiger partial charge >= 0.3 is 6.09 Å². The fraction of sp³-hybridized carbons (Fsp3) is 0.481. The molecule has 184 valence electrons. The number of amides is 1. The monoisotopic (exact) mass is 484 g/mol. The summed E-state index contributed by atoms with van der Waals surface area (Å²) in [6.07, 6.45) is 0.701. The SMILES string of the molecule is CCCCOc1c(C(NC(=O)O)C(C)(C)C)n(CC(C)C)c(=O)c2ccc(-c3cccs3)cc12. The van der Waals surface area contributed by atoms with E-state index in [0.29, 0.717) is 30.0 Å². The van der Waals surface area contributed by atoms with E-state index in [2.05, 4.69) is 26.1 Å². The molecule has 2 aromatic heterocycles. The van der Waals surface area contributed by atoms with Gasteiger partial charge in [0, 0.05) is 16.8 Å². The number of carboxylic acid groups (broad SMARTS) is 1. The number of hydrogen-bond acceptors (Lipinski definition) is 4. The highest BCUT2D eigenvalue weighted by molar-refractivity contribution is 7.13. The second kappa shape index (κ2) is 10.6. The van der Waals surface area contributed by atoms with Crippen molar-refractivity contribution in [2.75, 3.05) is 6.61 Å². The molecule has 0 aliphatic heterocycles. The second-order valence-electron chi connectivity index (χ2n) is 10.2. The van der Waals surface area contributed by atoms with E-state index in [4.69, 9.17) is 4.74 Å². The number of nitrogens with zero attached hydrogens (tertiary/aromatic N) is 1. The first-order valence-corrected chi connectivity index (χ1v) is 12.8. The van der Waals surface area contributed by atoms with E-state index in [1.165, 1.54) is 0 Å². The molecule has 1 unspecified atom stereocenters. The van der Waals surface area contributed by atoms with Crippen molar-refractivity contribution in [2.45, 2.75) is 67.0 Å². The van der Waals surface area contributed by atoms with Gasteiger partial charge in [0.15, 0.2) is 0 Å². The Labute approximate surface area is 205 Å². The molecule has 0 radical (unpaired) electrons. The molecule has 0 aliphatic rings. The van der Waals surface area contributed by atoms with E-state index in [0.717, 1.165) is 28.7 Å². The Morgan fingerprint density at radius 2 is 1.94 bits per heavy atom. The van der Waals surface area contributed by atoms with Crippen molar-refractivity contribution in [1.82, 2.24) is 9.88 Å². The first-order valence-electron chi connectivity index (χ1n) is 11.9. The van der Waals surface area contributed by atoms with Gasteiger partial charge in [-0.3, -0.25) is 4.79 Å². The van der Waals surface area contributed by atoms with Gasteiger partial charge in [0.25, 0.3) is 5.56 Å². The highest BCUT2D eigenvalue weighted by atomic mass is 32.1. The Morgan fingerprint density at radius 3 is 2.50 bits per heavy atom. The fourth-order valence-electron chi connectivity index (χ4n) is 4.15. The van der Waals surface area contributed by atoms with Crippen molar-refractivity contribution >= 4 is 28.2 Å². The standard InChI is InChI=1S/C27H36N2O4S/c1-7-8-13-33-23-20-15-18(21-10-9-14-34-21)11-12-19(20)25(30)29(16-17(2)3)22(23)24(27(4,5)6)28-26(31)32/h9-12,14-15,17,24,28H,7-8,13,16H2,1-6H3,(H,31,32). The van der Waals surface area contributed by atoms with Crippen LogP contribution in [0.2, 0.25) is 0 Å². The highest BCUT2D eigenvalue weighted by Gasteiger charge is 2.35. The van der Waals surface area contributed by atoms with Crippen molar-refractivity contribution in [3.63, 3.8) is 0 Å². The Bertz CT molecular complexity index is 1190. The lowest BCUT2D eigenvalue weighted by Crippen LogP contribution is -2.40. The van der Waals surface area contributed by atoms with Crippen LogP contribution in [0, 0.1) is 11.3 Å². The van der Waals surface area contributed by atoms with E-state index in [1.54, 1.807) is 15.9 Å². The number of ether oxygens (including phenoxy) is 1. The van der Waals surface area contributed by atoms with Crippen LogP contribution in [0.3, 0.4) is 0 Å². The van der Waals surface area contributed by atoms with E-state index in [-0.39, 0.29) is 11.5 Å². The number of thiophene rings is 1. The predicted molar refractivity (Wildman–Crippen MR) is 140 cm³/mol. The number of rotatable bonds is 9. The molecule has 1 aromatic carbocycles. The Kier molecular flexibility index (Phi) is 8.08. The van der Waals surface area contributed by atoms with Crippen molar-refractivity contribution < 1.29 is 14.6 Å². The van der Waals surface area contributed by atoms with Crippen LogP contribution < -0.4 is 15.6 Å². The van der Waals surface area contributed by atoms with E-state index in [1.807, 2.05) is 56.5 Å². The molecule has 3 aromatic rings. The molecule has 1 atom stereocenters. The molecule has 2 heterocycles. The van der Waals surface area contributed by atoms with Crippen LogP contribution in [0.4, 0.5) is 4.79 Å². The Morgan fingerprint density at radius 1 is 1.21 bits per heavy atom. The van der Waals surface area contributed by atoms with Crippen LogP contribution in [0.15, 0.2) is 40.5 Å². The van der Waals surface area contributed by atoms with Crippen molar-refractivity contribution in [3.8, 4) is 16.2 Å². The lowest BCUT2D eigenvalue weighted by atomic mass is 9.83. The molecule has 0 saturated heterocycles. The van der Waals surface area contributed by atoms with Crippen LogP contribution in [-0.2, 0) is 6.54 Å². The Balaban J connectivity index is 2.42.